The molecule has 0 amide bonds. The maximum absolute atomic E-state index is 5.83. The Morgan fingerprint density at radius 2 is 2.28 bits per heavy atom. The van der Waals surface area contributed by atoms with E-state index in [1.165, 1.54) is 12.8 Å². The average molecular weight is 241 g/mol. The predicted octanol–water partition coefficient (Wildman–Crippen LogP) is 2.73. The van der Waals surface area contributed by atoms with Gasteiger partial charge < -0.3 is 10.5 Å². The van der Waals surface area contributed by atoms with Crippen LogP contribution in [0.15, 0.2) is 36.4 Å². The Hall–Kier alpha value is -1.72. The second-order valence-electron chi connectivity index (χ2n) is 4.50. The normalized spacial score (nSPS) is 17.9. The Kier molecular flexibility index (Phi) is 4.87. The van der Waals surface area contributed by atoms with Crippen LogP contribution in [0.5, 0.6) is 5.75 Å². The molecule has 1 aromatic carbocycles. The van der Waals surface area contributed by atoms with Crippen LogP contribution >= 0.6 is 0 Å². The van der Waals surface area contributed by atoms with Crippen molar-refractivity contribution in [3.05, 3.63) is 42.0 Å². The van der Waals surface area contributed by atoms with Crippen LogP contribution < -0.4 is 10.5 Å². The zero-order chi connectivity index (χ0) is 12.6. The highest BCUT2D eigenvalue weighted by molar-refractivity contribution is 5.39. The van der Waals surface area contributed by atoms with Crippen LogP contribution in [-0.2, 0) is 0 Å². The SMILES string of the molecule is NCC#Cc1cccc(OCC2CC=CCC2)c1. The first-order chi connectivity index (χ1) is 8.88. The van der Waals surface area contributed by atoms with Crippen molar-refractivity contribution in [1.82, 2.24) is 0 Å². The minimum absolute atomic E-state index is 0.388. The molecule has 0 spiro atoms. The molecule has 94 valence electrons. The number of benzene rings is 1. The highest BCUT2D eigenvalue weighted by atomic mass is 16.5. The fourth-order valence-corrected chi connectivity index (χ4v) is 2.04. The van der Waals surface area contributed by atoms with Crippen molar-refractivity contribution in [2.24, 2.45) is 11.7 Å². The molecule has 0 saturated carbocycles. The summed E-state index contributed by atoms with van der Waals surface area (Å²) < 4.78 is 5.83. The number of nitrogens with two attached hydrogens (primary N) is 1. The van der Waals surface area contributed by atoms with E-state index >= 15 is 0 Å². The third-order valence-electron chi connectivity index (χ3n) is 3.03. The highest BCUT2D eigenvalue weighted by Gasteiger charge is 2.10. The average Bonchev–Trinajstić information content (AvgIpc) is 2.44. The Morgan fingerprint density at radius 3 is 3.06 bits per heavy atom. The van der Waals surface area contributed by atoms with E-state index in [-0.39, 0.29) is 0 Å². The standard InChI is InChI=1S/C16H19NO/c17-11-5-9-14-8-4-10-16(12-14)18-13-15-6-2-1-3-7-15/h1-2,4,8,10,12,15H,3,6-7,11,13,17H2. The first-order valence-electron chi connectivity index (χ1n) is 6.45. The van der Waals surface area contributed by atoms with Crippen molar-refractivity contribution in [2.45, 2.75) is 19.3 Å². The summed E-state index contributed by atoms with van der Waals surface area (Å²) in [6, 6.07) is 7.89. The molecular weight excluding hydrogens is 222 g/mol. The van der Waals surface area contributed by atoms with E-state index in [9.17, 15) is 0 Å². The van der Waals surface area contributed by atoms with Crippen molar-refractivity contribution < 1.29 is 4.74 Å². The van der Waals surface area contributed by atoms with Gasteiger partial charge in [-0.05, 0) is 43.4 Å². The van der Waals surface area contributed by atoms with E-state index in [4.69, 9.17) is 10.5 Å². The van der Waals surface area contributed by atoms with Gasteiger partial charge in [-0.25, -0.2) is 0 Å². The molecule has 2 rings (SSSR count). The molecule has 0 heterocycles. The van der Waals surface area contributed by atoms with Crippen molar-refractivity contribution in [3.63, 3.8) is 0 Å². The second-order valence-corrected chi connectivity index (χ2v) is 4.50. The topological polar surface area (TPSA) is 35.2 Å². The quantitative estimate of drug-likeness (QED) is 0.652. The lowest BCUT2D eigenvalue weighted by atomic mass is 9.95. The Morgan fingerprint density at radius 1 is 1.33 bits per heavy atom. The number of allylic oxidation sites excluding steroid dienone is 2. The molecule has 0 aliphatic heterocycles. The molecule has 1 aliphatic carbocycles. The molecule has 1 aliphatic rings. The zero-order valence-corrected chi connectivity index (χ0v) is 10.6. The summed E-state index contributed by atoms with van der Waals surface area (Å²) in [7, 11) is 0. The number of rotatable bonds is 3. The third kappa shape index (κ3) is 3.94. The summed E-state index contributed by atoms with van der Waals surface area (Å²) >= 11 is 0. The lowest BCUT2D eigenvalue weighted by Gasteiger charge is -2.18. The number of hydrogen-bond acceptors (Lipinski definition) is 2. The molecule has 1 aromatic rings. The molecule has 1 unspecified atom stereocenters. The van der Waals surface area contributed by atoms with Gasteiger partial charge in [-0.15, -0.1) is 0 Å². The molecule has 18 heavy (non-hydrogen) atoms. The fraction of sp³-hybridized carbons (Fsp3) is 0.375. The Bertz CT molecular complexity index is 467. The van der Waals surface area contributed by atoms with Gasteiger partial charge in [-0.3, -0.25) is 0 Å². The molecular formula is C16H19NO. The van der Waals surface area contributed by atoms with E-state index in [0.29, 0.717) is 12.5 Å². The van der Waals surface area contributed by atoms with Gasteiger partial charge in [0.1, 0.15) is 5.75 Å². The summed E-state index contributed by atoms with van der Waals surface area (Å²) in [4.78, 5) is 0. The predicted molar refractivity (Wildman–Crippen MR) is 74.4 cm³/mol. The van der Waals surface area contributed by atoms with Gasteiger partial charge in [-0.2, -0.15) is 0 Å². The smallest absolute Gasteiger partial charge is 0.120 e. The molecule has 2 heteroatoms. The van der Waals surface area contributed by atoms with Gasteiger partial charge in [0.15, 0.2) is 0 Å². The van der Waals surface area contributed by atoms with Crippen LogP contribution in [-0.4, -0.2) is 13.2 Å². The third-order valence-corrected chi connectivity index (χ3v) is 3.03. The van der Waals surface area contributed by atoms with E-state index in [1.54, 1.807) is 0 Å². The Labute approximate surface area is 109 Å². The number of ether oxygens (including phenoxy) is 1. The summed E-state index contributed by atoms with van der Waals surface area (Å²) in [5.41, 5.74) is 6.32. The van der Waals surface area contributed by atoms with E-state index in [0.717, 1.165) is 24.3 Å². The van der Waals surface area contributed by atoms with Gasteiger partial charge in [0, 0.05) is 5.56 Å². The maximum atomic E-state index is 5.83. The highest BCUT2D eigenvalue weighted by Crippen LogP contribution is 2.20. The molecule has 0 saturated heterocycles. The summed E-state index contributed by atoms with van der Waals surface area (Å²) in [5.74, 6) is 7.41. The van der Waals surface area contributed by atoms with Crippen molar-refractivity contribution >= 4 is 0 Å². The first kappa shape index (κ1) is 12.7. The Balaban J connectivity index is 1.90. The van der Waals surface area contributed by atoms with E-state index < -0.39 is 0 Å². The molecule has 2 nitrogen and oxygen atoms in total. The van der Waals surface area contributed by atoms with Gasteiger partial charge >= 0.3 is 0 Å². The van der Waals surface area contributed by atoms with Gasteiger partial charge in [0.25, 0.3) is 0 Å². The molecule has 0 radical (unpaired) electrons. The lowest BCUT2D eigenvalue weighted by molar-refractivity contribution is 0.239. The minimum atomic E-state index is 0.388. The minimum Gasteiger partial charge on any atom is -0.493 e. The van der Waals surface area contributed by atoms with Crippen molar-refractivity contribution in [3.8, 4) is 17.6 Å². The molecule has 0 bridgehead atoms. The summed E-state index contributed by atoms with van der Waals surface area (Å²) in [6.45, 7) is 1.18. The van der Waals surface area contributed by atoms with Gasteiger partial charge in [0.05, 0.1) is 13.2 Å². The first-order valence-corrected chi connectivity index (χ1v) is 6.45. The van der Waals surface area contributed by atoms with Gasteiger partial charge in [-0.1, -0.05) is 30.1 Å². The van der Waals surface area contributed by atoms with Crippen LogP contribution in [0.25, 0.3) is 0 Å². The van der Waals surface area contributed by atoms with Crippen molar-refractivity contribution in [1.29, 1.82) is 0 Å². The molecule has 1 atom stereocenters. The maximum Gasteiger partial charge on any atom is 0.120 e. The van der Waals surface area contributed by atoms with Crippen molar-refractivity contribution in [2.75, 3.05) is 13.2 Å². The fourth-order valence-electron chi connectivity index (χ4n) is 2.04. The molecule has 0 fully saturated rings. The van der Waals surface area contributed by atoms with Crippen LogP contribution in [0.2, 0.25) is 0 Å². The summed E-state index contributed by atoms with van der Waals surface area (Å²) in [5, 5.41) is 0. The van der Waals surface area contributed by atoms with Crippen LogP contribution in [0.4, 0.5) is 0 Å². The molecule has 0 aromatic heterocycles. The largest absolute Gasteiger partial charge is 0.493 e. The molecule has 2 N–H and O–H groups in total. The van der Waals surface area contributed by atoms with Crippen LogP contribution in [0.1, 0.15) is 24.8 Å². The van der Waals surface area contributed by atoms with E-state index in [1.807, 2.05) is 24.3 Å². The van der Waals surface area contributed by atoms with Crippen LogP contribution in [0.3, 0.4) is 0 Å². The second kappa shape index (κ2) is 6.88. The summed E-state index contributed by atoms with van der Waals surface area (Å²) in [6.07, 6.45) is 8.03. The van der Waals surface area contributed by atoms with Gasteiger partial charge in [0.2, 0.25) is 0 Å². The van der Waals surface area contributed by atoms with Crippen LogP contribution in [0, 0.1) is 17.8 Å². The monoisotopic (exact) mass is 241 g/mol. The van der Waals surface area contributed by atoms with E-state index in [2.05, 4.69) is 24.0 Å². The zero-order valence-electron chi connectivity index (χ0n) is 10.6. The lowest BCUT2D eigenvalue weighted by Crippen LogP contribution is -2.13. The number of hydrogen-bond donors (Lipinski definition) is 1.